The van der Waals surface area contributed by atoms with Crippen LogP contribution in [0.4, 0.5) is 0 Å². The van der Waals surface area contributed by atoms with E-state index in [1.54, 1.807) is 6.92 Å². The molecule has 0 heterocycles. The van der Waals surface area contributed by atoms with Crippen LogP contribution in [-0.4, -0.2) is 72.9 Å². The first-order valence-electron chi connectivity index (χ1n) is 9.45. The van der Waals surface area contributed by atoms with E-state index in [-0.39, 0.29) is 6.61 Å². The summed E-state index contributed by atoms with van der Waals surface area (Å²) in [6, 6.07) is 0. The van der Waals surface area contributed by atoms with Gasteiger partial charge in [0.25, 0.3) is 0 Å². The van der Waals surface area contributed by atoms with Crippen LogP contribution >= 0.6 is 0 Å². The molecule has 0 amide bonds. The Morgan fingerprint density at radius 1 is 0.516 bits per heavy atom. The lowest BCUT2D eigenvalue weighted by atomic mass is 10.3. The normalized spacial score (nSPS) is 15.2. The highest BCUT2D eigenvalue weighted by Crippen LogP contribution is 2.07. The molecule has 5 atom stereocenters. The first kappa shape index (κ1) is 27.8. The predicted octanol–water partition coefficient (Wildman–Crippen LogP) is 0.228. The molecule has 0 aromatic heterocycles. The van der Waals surface area contributed by atoms with Gasteiger partial charge in [-0.15, -0.1) is 0 Å². The minimum absolute atomic E-state index is 0.102. The molecule has 0 aromatic carbocycles. The smallest absolute Gasteiger partial charge is 0.347 e. The number of rotatable bonds is 11. The molecule has 12 heteroatoms. The summed E-state index contributed by atoms with van der Waals surface area (Å²) in [5, 5.41) is 0. The Morgan fingerprint density at radius 3 is 1.03 bits per heavy atom. The molecule has 0 aliphatic rings. The number of ether oxygens (including phenoxy) is 6. The molecule has 0 saturated carbocycles. The van der Waals surface area contributed by atoms with Crippen LogP contribution in [0.15, 0.2) is 0 Å². The van der Waals surface area contributed by atoms with E-state index in [0.29, 0.717) is 0 Å². The number of carbonyl (C=O) groups excluding carboxylic acids is 6. The average molecular weight is 448 g/mol. The molecule has 31 heavy (non-hydrogen) atoms. The van der Waals surface area contributed by atoms with Crippen LogP contribution in [0.1, 0.15) is 48.5 Å². The van der Waals surface area contributed by atoms with Crippen molar-refractivity contribution in [2.45, 2.75) is 79.0 Å². The molecule has 0 aromatic rings. The van der Waals surface area contributed by atoms with Gasteiger partial charge in [0.15, 0.2) is 30.5 Å². The summed E-state index contributed by atoms with van der Waals surface area (Å²) in [5.41, 5.74) is 0. The van der Waals surface area contributed by atoms with E-state index in [1.807, 2.05) is 0 Å². The molecule has 0 spiro atoms. The fourth-order valence-corrected chi connectivity index (χ4v) is 1.83. The Kier molecular flexibility index (Phi) is 11.8. The zero-order valence-corrected chi connectivity index (χ0v) is 18.5. The van der Waals surface area contributed by atoms with Crippen LogP contribution in [-0.2, 0) is 57.2 Å². The molecule has 0 bridgehead atoms. The van der Waals surface area contributed by atoms with Crippen LogP contribution in [0, 0.1) is 0 Å². The van der Waals surface area contributed by atoms with Gasteiger partial charge in [0.05, 0.1) is 6.61 Å². The van der Waals surface area contributed by atoms with Gasteiger partial charge in [-0.05, 0) is 41.5 Å². The van der Waals surface area contributed by atoms with Crippen LogP contribution < -0.4 is 0 Å². The Hall–Kier alpha value is -3.18. The topological polar surface area (TPSA) is 158 Å². The van der Waals surface area contributed by atoms with Crippen molar-refractivity contribution < 1.29 is 57.2 Å². The molecule has 0 N–H and O–H groups in total. The van der Waals surface area contributed by atoms with Crippen molar-refractivity contribution in [1.29, 1.82) is 0 Å². The van der Waals surface area contributed by atoms with E-state index in [1.165, 1.54) is 34.6 Å². The highest BCUT2D eigenvalue weighted by molar-refractivity contribution is 5.86. The SMILES string of the molecule is CCOC(=O)C(C)OC(=O)C(C)OC(=O)C(C)OC(=O)C(C)OC(=O)C(C)OC(C)=O. The Bertz CT molecular complexity index is 685. The summed E-state index contributed by atoms with van der Waals surface area (Å²) in [6.07, 6.45) is -6.69. The second-order valence-electron chi connectivity index (χ2n) is 6.32. The van der Waals surface area contributed by atoms with Crippen LogP contribution in [0.5, 0.6) is 0 Å². The van der Waals surface area contributed by atoms with Crippen LogP contribution in [0.2, 0.25) is 0 Å². The van der Waals surface area contributed by atoms with Crippen molar-refractivity contribution in [3.63, 3.8) is 0 Å². The summed E-state index contributed by atoms with van der Waals surface area (Å²) in [6.45, 7) is 8.90. The second kappa shape index (κ2) is 13.2. The molecule has 0 aliphatic carbocycles. The maximum Gasteiger partial charge on any atom is 0.347 e. The standard InChI is InChI=1S/C19H28O12/c1-8-26-15(21)9(2)28-17(23)11(4)30-19(25)13(6)31-18(24)12(5)29-16(22)10(3)27-14(7)20/h9-13H,8H2,1-7H3. The Labute approximate surface area is 179 Å². The van der Waals surface area contributed by atoms with E-state index in [9.17, 15) is 28.8 Å². The Morgan fingerprint density at radius 2 is 0.774 bits per heavy atom. The van der Waals surface area contributed by atoms with Gasteiger partial charge in [-0.1, -0.05) is 0 Å². The van der Waals surface area contributed by atoms with E-state index in [4.69, 9.17) is 18.9 Å². The van der Waals surface area contributed by atoms with Gasteiger partial charge in [0.2, 0.25) is 0 Å². The number of carbonyl (C=O) groups is 6. The molecule has 0 saturated heterocycles. The highest BCUT2D eigenvalue weighted by atomic mass is 16.6. The van der Waals surface area contributed by atoms with Gasteiger partial charge in [-0.2, -0.15) is 0 Å². The first-order valence-corrected chi connectivity index (χ1v) is 9.45. The fourth-order valence-electron chi connectivity index (χ4n) is 1.83. The lowest BCUT2D eigenvalue weighted by Gasteiger charge is -2.20. The van der Waals surface area contributed by atoms with E-state index in [0.717, 1.165) is 6.92 Å². The van der Waals surface area contributed by atoms with Crippen molar-refractivity contribution in [2.75, 3.05) is 6.61 Å². The van der Waals surface area contributed by atoms with Gasteiger partial charge in [0, 0.05) is 6.92 Å². The first-order chi connectivity index (χ1) is 14.3. The second-order valence-corrected chi connectivity index (χ2v) is 6.32. The third-order valence-electron chi connectivity index (χ3n) is 3.46. The van der Waals surface area contributed by atoms with Crippen molar-refractivity contribution in [1.82, 2.24) is 0 Å². The van der Waals surface area contributed by atoms with Crippen molar-refractivity contribution in [3.8, 4) is 0 Å². The number of esters is 6. The molecule has 5 unspecified atom stereocenters. The van der Waals surface area contributed by atoms with Crippen LogP contribution in [0.25, 0.3) is 0 Å². The predicted molar refractivity (Wildman–Crippen MR) is 100 cm³/mol. The minimum Gasteiger partial charge on any atom is -0.463 e. The van der Waals surface area contributed by atoms with Gasteiger partial charge >= 0.3 is 35.8 Å². The molecule has 0 aliphatic heterocycles. The van der Waals surface area contributed by atoms with Gasteiger partial charge in [-0.3, -0.25) is 4.79 Å². The van der Waals surface area contributed by atoms with Gasteiger partial charge in [-0.25, -0.2) is 24.0 Å². The molecule has 12 nitrogen and oxygen atoms in total. The lowest BCUT2D eigenvalue weighted by molar-refractivity contribution is -0.186. The quantitative estimate of drug-likeness (QED) is 0.313. The fraction of sp³-hybridized carbons (Fsp3) is 0.684. The van der Waals surface area contributed by atoms with Crippen molar-refractivity contribution in [2.24, 2.45) is 0 Å². The van der Waals surface area contributed by atoms with Crippen molar-refractivity contribution >= 4 is 35.8 Å². The molecule has 0 radical (unpaired) electrons. The molecular weight excluding hydrogens is 420 g/mol. The van der Waals surface area contributed by atoms with Crippen molar-refractivity contribution in [3.05, 3.63) is 0 Å². The van der Waals surface area contributed by atoms with E-state index in [2.05, 4.69) is 9.47 Å². The molecule has 0 fully saturated rings. The van der Waals surface area contributed by atoms with E-state index >= 15 is 0 Å². The molecular formula is C19H28O12. The summed E-state index contributed by atoms with van der Waals surface area (Å²) in [4.78, 5) is 69.9. The number of hydrogen-bond donors (Lipinski definition) is 0. The summed E-state index contributed by atoms with van der Waals surface area (Å²) in [5.74, 6) is -5.60. The summed E-state index contributed by atoms with van der Waals surface area (Å²) < 4.78 is 28.6. The summed E-state index contributed by atoms with van der Waals surface area (Å²) in [7, 11) is 0. The highest BCUT2D eigenvalue weighted by Gasteiger charge is 2.31. The largest absolute Gasteiger partial charge is 0.463 e. The maximum atomic E-state index is 12.0. The zero-order valence-electron chi connectivity index (χ0n) is 18.5. The maximum absolute atomic E-state index is 12.0. The third-order valence-corrected chi connectivity index (χ3v) is 3.46. The zero-order chi connectivity index (χ0) is 24.3. The average Bonchev–Trinajstić information content (AvgIpc) is 2.66. The third kappa shape index (κ3) is 10.4. The monoisotopic (exact) mass is 448 g/mol. The van der Waals surface area contributed by atoms with Crippen LogP contribution in [0.3, 0.4) is 0 Å². The van der Waals surface area contributed by atoms with E-state index < -0.39 is 66.3 Å². The number of hydrogen-bond acceptors (Lipinski definition) is 12. The molecule has 176 valence electrons. The summed E-state index contributed by atoms with van der Waals surface area (Å²) >= 11 is 0. The molecule has 0 rings (SSSR count). The van der Waals surface area contributed by atoms with Gasteiger partial charge in [0.1, 0.15) is 0 Å². The minimum atomic E-state index is -1.45. The lowest BCUT2D eigenvalue weighted by Crippen LogP contribution is -2.38. The Balaban J connectivity index is 4.61. The van der Waals surface area contributed by atoms with Gasteiger partial charge < -0.3 is 28.4 Å².